The zero-order valence-electron chi connectivity index (χ0n) is 15.1. The number of anilines is 1. The molecule has 0 aliphatic rings. The SMILES string of the molecule is Fc1ccc([N]Cc2ccc(OCCCCNc3ccccn3)cc2)cc1. The van der Waals surface area contributed by atoms with Gasteiger partial charge in [-0.25, -0.2) is 9.37 Å². The van der Waals surface area contributed by atoms with E-state index < -0.39 is 0 Å². The van der Waals surface area contributed by atoms with Crippen LogP contribution in [0.1, 0.15) is 18.4 Å². The van der Waals surface area contributed by atoms with Crippen LogP contribution in [0.15, 0.2) is 72.9 Å². The molecular formula is C22H23FN3O. The fraction of sp³-hybridized carbons (Fsp3) is 0.227. The Morgan fingerprint density at radius 1 is 0.926 bits per heavy atom. The van der Waals surface area contributed by atoms with Gasteiger partial charge in [-0.05, 0) is 66.9 Å². The lowest BCUT2D eigenvalue weighted by atomic mass is 10.2. The zero-order chi connectivity index (χ0) is 18.7. The van der Waals surface area contributed by atoms with E-state index in [0.717, 1.165) is 42.2 Å². The summed E-state index contributed by atoms with van der Waals surface area (Å²) in [6.45, 7) is 2.12. The van der Waals surface area contributed by atoms with Crippen molar-refractivity contribution in [1.82, 2.24) is 10.3 Å². The molecule has 0 aliphatic heterocycles. The van der Waals surface area contributed by atoms with Crippen LogP contribution in [-0.4, -0.2) is 18.1 Å². The van der Waals surface area contributed by atoms with Crippen molar-refractivity contribution in [1.29, 1.82) is 0 Å². The molecule has 0 saturated heterocycles. The second-order valence-corrected chi connectivity index (χ2v) is 6.13. The lowest BCUT2D eigenvalue weighted by Gasteiger charge is -2.08. The molecule has 1 aromatic heterocycles. The number of unbranched alkanes of at least 4 members (excludes halogenated alkanes) is 1. The van der Waals surface area contributed by atoms with E-state index in [2.05, 4.69) is 15.6 Å². The number of rotatable bonds is 10. The highest BCUT2D eigenvalue weighted by atomic mass is 19.1. The van der Waals surface area contributed by atoms with Gasteiger partial charge in [0.15, 0.2) is 0 Å². The quantitative estimate of drug-likeness (QED) is 0.519. The Labute approximate surface area is 159 Å². The molecule has 1 heterocycles. The Bertz CT molecular complexity index is 792. The molecule has 0 spiro atoms. The molecule has 3 aromatic rings. The Morgan fingerprint density at radius 2 is 1.74 bits per heavy atom. The van der Waals surface area contributed by atoms with E-state index in [4.69, 9.17) is 4.74 Å². The predicted molar refractivity (Wildman–Crippen MR) is 106 cm³/mol. The van der Waals surface area contributed by atoms with E-state index in [1.165, 1.54) is 12.1 Å². The third-order valence-electron chi connectivity index (χ3n) is 4.01. The maximum atomic E-state index is 12.9. The van der Waals surface area contributed by atoms with Crippen LogP contribution in [0.4, 0.5) is 15.9 Å². The molecule has 3 rings (SSSR count). The summed E-state index contributed by atoms with van der Waals surface area (Å²) in [5.74, 6) is 1.52. The molecule has 0 atom stereocenters. The number of hydrogen-bond donors (Lipinski definition) is 1. The number of nitrogens with one attached hydrogen (secondary N) is 1. The Balaban J connectivity index is 1.31. The summed E-state index contributed by atoms with van der Waals surface area (Å²) in [7, 11) is 0. The number of benzene rings is 2. The van der Waals surface area contributed by atoms with Gasteiger partial charge in [-0.1, -0.05) is 18.2 Å². The van der Waals surface area contributed by atoms with Gasteiger partial charge in [-0.3, -0.25) is 5.32 Å². The summed E-state index contributed by atoms with van der Waals surface area (Å²) in [6.07, 6.45) is 3.77. The molecule has 139 valence electrons. The van der Waals surface area contributed by atoms with Crippen molar-refractivity contribution in [3.63, 3.8) is 0 Å². The lowest BCUT2D eigenvalue weighted by molar-refractivity contribution is 0.308. The molecule has 4 nitrogen and oxygen atoms in total. The zero-order valence-corrected chi connectivity index (χ0v) is 15.1. The summed E-state index contributed by atoms with van der Waals surface area (Å²) in [5, 5.41) is 7.73. The first-order valence-corrected chi connectivity index (χ1v) is 9.09. The molecule has 0 amide bonds. The molecule has 5 heteroatoms. The smallest absolute Gasteiger partial charge is 0.125 e. The standard InChI is InChI=1S/C22H23FN3O/c23-19-8-10-20(11-9-19)26-17-18-6-12-21(13-7-18)27-16-4-3-15-25-22-5-1-2-14-24-22/h1-2,5-14H,3-4,15-17H2,(H,24,25). The van der Waals surface area contributed by atoms with Gasteiger partial charge in [0.25, 0.3) is 0 Å². The van der Waals surface area contributed by atoms with Crippen LogP contribution in [0.25, 0.3) is 0 Å². The van der Waals surface area contributed by atoms with E-state index in [1.807, 2.05) is 42.5 Å². The number of hydrogen-bond acceptors (Lipinski definition) is 3. The highest BCUT2D eigenvalue weighted by Crippen LogP contribution is 2.15. The van der Waals surface area contributed by atoms with E-state index >= 15 is 0 Å². The number of halogens is 1. The molecule has 1 N–H and O–H groups in total. The minimum Gasteiger partial charge on any atom is -0.494 e. The predicted octanol–water partition coefficient (Wildman–Crippen LogP) is 4.93. The first-order valence-electron chi connectivity index (χ1n) is 9.09. The third-order valence-corrected chi connectivity index (χ3v) is 4.01. The topological polar surface area (TPSA) is 48.2 Å². The molecule has 0 aliphatic carbocycles. The summed E-state index contributed by atoms with van der Waals surface area (Å²) < 4.78 is 18.7. The average Bonchev–Trinajstić information content (AvgIpc) is 2.72. The second-order valence-electron chi connectivity index (χ2n) is 6.13. The number of pyridine rings is 1. The van der Waals surface area contributed by atoms with Crippen molar-refractivity contribution < 1.29 is 9.13 Å². The highest BCUT2D eigenvalue weighted by molar-refractivity contribution is 5.36. The molecule has 0 fully saturated rings. The van der Waals surface area contributed by atoms with E-state index in [9.17, 15) is 4.39 Å². The van der Waals surface area contributed by atoms with Crippen molar-refractivity contribution in [2.24, 2.45) is 0 Å². The van der Waals surface area contributed by atoms with Crippen molar-refractivity contribution in [2.45, 2.75) is 19.4 Å². The Hall–Kier alpha value is -3.08. The summed E-state index contributed by atoms with van der Waals surface area (Å²) in [6, 6.07) is 19.9. The largest absolute Gasteiger partial charge is 0.494 e. The van der Waals surface area contributed by atoms with Gasteiger partial charge in [0, 0.05) is 12.7 Å². The average molecular weight is 364 g/mol. The van der Waals surface area contributed by atoms with Gasteiger partial charge < -0.3 is 10.1 Å². The van der Waals surface area contributed by atoms with Gasteiger partial charge in [0.1, 0.15) is 17.4 Å². The van der Waals surface area contributed by atoms with Crippen LogP contribution in [0.3, 0.4) is 0 Å². The second kappa shape index (κ2) is 10.2. The third kappa shape index (κ3) is 6.62. The van der Waals surface area contributed by atoms with E-state index in [-0.39, 0.29) is 5.82 Å². The summed E-state index contributed by atoms with van der Waals surface area (Å²) >= 11 is 0. The minimum absolute atomic E-state index is 0.247. The van der Waals surface area contributed by atoms with Crippen molar-refractivity contribution in [3.8, 4) is 5.75 Å². The van der Waals surface area contributed by atoms with Crippen molar-refractivity contribution in [3.05, 3.63) is 84.3 Å². The lowest BCUT2D eigenvalue weighted by Crippen LogP contribution is -2.05. The normalized spacial score (nSPS) is 10.4. The molecule has 27 heavy (non-hydrogen) atoms. The van der Waals surface area contributed by atoms with Gasteiger partial charge >= 0.3 is 0 Å². The van der Waals surface area contributed by atoms with E-state index in [0.29, 0.717) is 13.2 Å². The monoisotopic (exact) mass is 364 g/mol. The maximum absolute atomic E-state index is 12.9. The fourth-order valence-corrected chi connectivity index (χ4v) is 2.52. The number of nitrogens with zero attached hydrogens (tertiary/aromatic N) is 2. The molecule has 0 saturated carbocycles. The van der Waals surface area contributed by atoms with Gasteiger partial charge in [0.2, 0.25) is 0 Å². The van der Waals surface area contributed by atoms with Gasteiger partial charge in [-0.2, -0.15) is 0 Å². The Kier molecular flexibility index (Phi) is 7.04. The summed E-state index contributed by atoms with van der Waals surface area (Å²) in [5.41, 5.74) is 1.86. The number of ether oxygens (including phenoxy) is 1. The molecule has 1 radical (unpaired) electrons. The Morgan fingerprint density at radius 3 is 2.48 bits per heavy atom. The van der Waals surface area contributed by atoms with Crippen molar-refractivity contribution >= 4 is 11.5 Å². The van der Waals surface area contributed by atoms with Crippen LogP contribution in [0, 0.1) is 5.82 Å². The molecule has 2 aromatic carbocycles. The highest BCUT2D eigenvalue weighted by Gasteiger charge is 1.99. The fourth-order valence-electron chi connectivity index (χ4n) is 2.52. The van der Waals surface area contributed by atoms with E-state index in [1.54, 1.807) is 18.3 Å². The first-order chi connectivity index (χ1) is 13.3. The van der Waals surface area contributed by atoms with Crippen LogP contribution < -0.4 is 15.4 Å². The first kappa shape index (κ1) is 18.7. The van der Waals surface area contributed by atoms with Crippen LogP contribution >= 0.6 is 0 Å². The van der Waals surface area contributed by atoms with Crippen molar-refractivity contribution in [2.75, 3.05) is 18.5 Å². The molecule has 0 bridgehead atoms. The summed E-state index contributed by atoms with van der Waals surface area (Å²) in [4.78, 5) is 4.22. The number of aromatic nitrogens is 1. The maximum Gasteiger partial charge on any atom is 0.125 e. The van der Waals surface area contributed by atoms with Crippen LogP contribution in [0.2, 0.25) is 0 Å². The van der Waals surface area contributed by atoms with Gasteiger partial charge in [-0.15, -0.1) is 0 Å². The van der Waals surface area contributed by atoms with Gasteiger partial charge in [0.05, 0.1) is 18.8 Å². The molecule has 0 unspecified atom stereocenters. The molecular weight excluding hydrogens is 341 g/mol. The van der Waals surface area contributed by atoms with Crippen LogP contribution in [0.5, 0.6) is 5.75 Å². The minimum atomic E-state index is -0.247. The van der Waals surface area contributed by atoms with Crippen LogP contribution in [-0.2, 0) is 6.54 Å².